The first kappa shape index (κ1) is 13.9. The number of aromatic nitrogens is 1. The predicted octanol–water partition coefficient (Wildman–Crippen LogP) is 0.399. The van der Waals surface area contributed by atoms with Crippen molar-refractivity contribution in [2.24, 2.45) is 5.73 Å². The van der Waals surface area contributed by atoms with Gasteiger partial charge in [0.2, 0.25) is 0 Å². The monoisotopic (exact) mass is 272 g/mol. The number of aryl methyl sites for hydroxylation is 2. The Bertz CT molecular complexity index is 599. The van der Waals surface area contributed by atoms with Gasteiger partial charge in [0.05, 0.1) is 5.52 Å². The summed E-state index contributed by atoms with van der Waals surface area (Å²) in [6.07, 6.45) is 0.676. The molecule has 1 aromatic heterocycles. The normalized spacial score (nSPS) is 14.2. The molecule has 104 valence electrons. The number of nitrogens with two attached hydrogens (primary N) is 1. The molecule has 2 heterocycles. The SMILES string of the molecule is Fc1cc2c3c(ccn3CCC2)c1F.NC(O)(O)O. The molecule has 5 nitrogen and oxygen atoms in total. The molecule has 19 heavy (non-hydrogen) atoms. The van der Waals surface area contributed by atoms with Gasteiger partial charge in [-0.05, 0) is 30.5 Å². The summed E-state index contributed by atoms with van der Waals surface area (Å²) in [5, 5.41) is 22.6. The first-order valence-corrected chi connectivity index (χ1v) is 5.69. The van der Waals surface area contributed by atoms with Gasteiger partial charge in [-0.25, -0.2) is 8.78 Å². The average Bonchev–Trinajstić information content (AvgIpc) is 2.69. The largest absolute Gasteiger partial charge is 0.347 e. The van der Waals surface area contributed by atoms with Crippen molar-refractivity contribution in [1.29, 1.82) is 0 Å². The van der Waals surface area contributed by atoms with E-state index >= 15 is 0 Å². The predicted molar refractivity (Wildman–Crippen MR) is 63.7 cm³/mol. The van der Waals surface area contributed by atoms with Crippen molar-refractivity contribution in [3.05, 3.63) is 35.5 Å². The van der Waals surface area contributed by atoms with Crippen LogP contribution in [-0.4, -0.2) is 26.0 Å². The molecule has 0 atom stereocenters. The summed E-state index contributed by atoms with van der Waals surface area (Å²) in [5.74, 6) is -1.45. The molecule has 0 saturated heterocycles. The molecular weight excluding hydrogens is 258 g/mol. The van der Waals surface area contributed by atoms with Crippen LogP contribution in [0.4, 0.5) is 8.78 Å². The first-order chi connectivity index (χ1) is 8.77. The van der Waals surface area contributed by atoms with Crippen molar-refractivity contribution in [2.45, 2.75) is 25.5 Å². The molecule has 2 aromatic rings. The Morgan fingerprint density at radius 1 is 1.26 bits per heavy atom. The molecule has 0 unspecified atom stereocenters. The molecule has 1 aliphatic rings. The minimum absolute atomic E-state index is 0.416. The third-order valence-electron chi connectivity index (χ3n) is 2.86. The van der Waals surface area contributed by atoms with Crippen LogP contribution in [0.2, 0.25) is 0 Å². The van der Waals surface area contributed by atoms with Crippen LogP contribution in [-0.2, 0) is 13.0 Å². The van der Waals surface area contributed by atoms with Gasteiger partial charge in [0.15, 0.2) is 11.6 Å². The standard InChI is InChI=1S/C11H9F2N.CH5NO3/c12-9-6-7-2-1-4-14-5-3-8(10(9)13)11(7)14;2-1(3,4)5/h3,5-6H,1-2,4H2;3-5H,2H2. The zero-order chi connectivity index (χ0) is 14.2. The molecular formula is C12H14F2N2O3. The van der Waals surface area contributed by atoms with Gasteiger partial charge < -0.3 is 19.9 Å². The third-order valence-corrected chi connectivity index (χ3v) is 2.86. The highest BCUT2D eigenvalue weighted by atomic mass is 19.2. The summed E-state index contributed by atoms with van der Waals surface area (Å²) in [4.78, 5) is 0. The molecule has 7 heteroatoms. The van der Waals surface area contributed by atoms with Gasteiger partial charge in [0.1, 0.15) is 0 Å². The van der Waals surface area contributed by atoms with Crippen LogP contribution in [0.15, 0.2) is 18.3 Å². The fraction of sp³-hybridized carbons (Fsp3) is 0.333. The van der Waals surface area contributed by atoms with E-state index in [0.29, 0.717) is 5.39 Å². The molecule has 0 aliphatic carbocycles. The highest BCUT2D eigenvalue weighted by molar-refractivity contribution is 5.84. The Balaban J connectivity index is 0.000000232. The van der Waals surface area contributed by atoms with Crippen LogP contribution < -0.4 is 5.73 Å². The molecule has 0 amide bonds. The Kier molecular flexibility index (Phi) is 3.55. The van der Waals surface area contributed by atoms with E-state index in [4.69, 9.17) is 15.3 Å². The van der Waals surface area contributed by atoms with Crippen molar-refractivity contribution in [3.8, 4) is 0 Å². The summed E-state index contributed by atoms with van der Waals surface area (Å²) < 4.78 is 28.5. The maximum Gasteiger partial charge on any atom is 0.340 e. The van der Waals surface area contributed by atoms with Gasteiger partial charge in [-0.3, -0.25) is 5.73 Å². The second-order valence-electron chi connectivity index (χ2n) is 4.39. The maximum absolute atomic E-state index is 13.4. The number of halogens is 2. The lowest BCUT2D eigenvalue weighted by atomic mass is 10.0. The van der Waals surface area contributed by atoms with Crippen LogP contribution in [0.3, 0.4) is 0 Å². The second kappa shape index (κ2) is 4.86. The molecule has 0 saturated carbocycles. The lowest BCUT2D eigenvalue weighted by Crippen LogP contribution is -2.38. The van der Waals surface area contributed by atoms with Gasteiger partial charge in [-0.2, -0.15) is 0 Å². The minimum Gasteiger partial charge on any atom is -0.347 e. The molecule has 0 fully saturated rings. The molecule has 0 spiro atoms. The van der Waals surface area contributed by atoms with E-state index in [1.54, 1.807) is 6.07 Å². The molecule has 1 aliphatic heterocycles. The summed E-state index contributed by atoms with van der Waals surface area (Å²) in [5.41, 5.74) is 5.82. The molecule has 0 radical (unpaired) electrons. The quantitative estimate of drug-likeness (QED) is 0.522. The topological polar surface area (TPSA) is 91.6 Å². The zero-order valence-corrected chi connectivity index (χ0v) is 9.98. The first-order valence-electron chi connectivity index (χ1n) is 5.69. The third kappa shape index (κ3) is 3.07. The van der Waals surface area contributed by atoms with E-state index in [2.05, 4.69) is 5.73 Å². The summed E-state index contributed by atoms with van der Waals surface area (Å²) in [7, 11) is 0. The van der Waals surface area contributed by atoms with Crippen molar-refractivity contribution in [2.75, 3.05) is 0 Å². The van der Waals surface area contributed by atoms with E-state index in [1.165, 1.54) is 6.07 Å². The van der Waals surface area contributed by atoms with Crippen LogP contribution >= 0.6 is 0 Å². The maximum atomic E-state index is 13.4. The van der Waals surface area contributed by atoms with Gasteiger partial charge >= 0.3 is 6.10 Å². The van der Waals surface area contributed by atoms with E-state index in [-0.39, 0.29) is 0 Å². The Morgan fingerprint density at radius 2 is 1.89 bits per heavy atom. The van der Waals surface area contributed by atoms with Crippen LogP contribution in [0, 0.1) is 11.6 Å². The van der Waals surface area contributed by atoms with Crippen molar-refractivity contribution < 1.29 is 24.1 Å². The van der Waals surface area contributed by atoms with Gasteiger partial charge in [0.25, 0.3) is 0 Å². The lowest BCUT2D eigenvalue weighted by molar-refractivity contribution is -0.306. The number of hydrogen-bond acceptors (Lipinski definition) is 4. The van der Waals surface area contributed by atoms with Crippen LogP contribution in [0.25, 0.3) is 10.9 Å². The Morgan fingerprint density at radius 3 is 2.53 bits per heavy atom. The molecule has 3 rings (SSSR count). The van der Waals surface area contributed by atoms with Crippen LogP contribution in [0.1, 0.15) is 12.0 Å². The number of aliphatic hydroxyl groups is 3. The van der Waals surface area contributed by atoms with Crippen molar-refractivity contribution in [3.63, 3.8) is 0 Å². The summed E-state index contributed by atoms with van der Waals surface area (Å²) in [6.45, 7) is 0.904. The van der Waals surface area contributed by atoms with Crippen molar-refractivity contribution in [1.82, 2.24) is 4.57 Å². The minimum atomic E-state index is -3.00. The zero-order valence-electron chi connectivity index (χ0n) is 9.98. The van der Waals surface area contributed by atoms with Gasteiger partial charge in [-0.15, -0.1) is 0 Å². The van der Waals surface area contributed by atoms with E-state index in [9.17, 15) is 8.78 Å². The Labute approximate surface area is 107 Å². The van der Waals surface area contributed by atoms with Gasteiger partial charge in [0, 0.05) is 18.1 Å². The number of hydrogen-bond donors (Lipinski definition) is 4. The fourth-order valence-corrected chi connectivity index (χ4v) is 2.24. The summed E-state index contributed by atoms with van der Waals surface area (Å²) in [6, 6.07) is 2.98. The highest BCUT2D eigenvalue weighted by Gasteiger charge is 2.17. The number of benzene rings is 1. The fourth-order valence-electron chi connectivity index (χ4n) is 2.24. The Hall–Kier alpha value is -1.54. The highest BCUT2D eigenvalue weighted by Crippen LogP contribution is 2.29. The molecule has 5 N–H and O–H groups in total. The molecule has 0 bridgehead atoms. The lowest BCUT2D eigenvalue weighted by Gasteiger charge is -2.15. The van der Waals surface area contributed by atoms with E-state index in [1.807, 2.05) is 10.8 Å². The summed E-state index contributed by atoms with van der Waals surface area (Å²) >= 11 is 0. The molecule has 1 aromatic carbocycles. The van der Waals surface area contributed by atoms with E-state index in [0.717, 1.165) is 30.5 Å². The van der Waals surface area contributed by atoms with Crippen molar-refractivity contribution >= 4 is 10.9 Å². The van der Waals surface area contributed by atoms with Gasteiger partial charge in [-0.1, -0.05) is 0 Å². The average molecular weight is 272 g/mol. The number of rotatable bonds is 0. The van der Waals surface area contributed by atoms with Crippen LogP contribution in [0.5, 0.6) is 0 Å². The smallest absolute Gasteiger partial charge is 0.340 e. The second-order valence-corrected chi connectivity index (χ2v) is 4.39. The van der Waals surface area contributed by atoms with E-state index < -0.39 is 17.7 Å². The number of nitrogens with zero attached hydrogens (tertiary/aromatic N) is 1.